The van der Waals surface area contributed by atoms with Gasteiger partial charge in [0.15, 0.2) is 11.5 Å². The third-order valence-electron chi connectivity index (χ3n) is 6.44. The number of nitrogens with one attached hydrogen (secondary N) is 1. The second-order valence-corrected chi connectivity index (χ2v) is 8.80. The van der Waals surface area contributed by atoms with Crippen LogP contribution in [0.15, 0.2) is 36.8 Å². The molecule has 5 rings (SSSR count). The van der Waals surface area contributed by atoms with Gasteiger partial charge in [0.05, 0.1) is 16.8 Å². The number of carbonyl (C=O) groups is 1. The molecular formula is C24H22F3N7O2. The Morgan fingerprint density at radius 1 is 1.22 bits per heavy atom. The van der Waals surface area contributed by atoms with E-state index in [0.29, 0.717) is 12.1 Å². The molecule has 1 aliphatic rings. The summed E-state index contributed by atoms with van der Waals surface area (Å²) in [6, 6.07) is 2.78. The molecule has 36 heavy (non-hydrogen) atoms. The molecule has 0 spiro atoms. The number of aryl methyl sites for hydroxylation is 1. The van der Waals surface area contributed by atoms with Crippen molar-refractivity contribution in [2.45, 2.75) is 44.7 Å². The summed E-state index contributed by atoms with van der Waals surface area (Å²) in [5, 5.41) is 12.7. The zero-order valence-corrected chi connectivity index (χ0v) is 19.4. The lowest BCUT2D eigenvalue weighted by Crippen LogP contribution is -2.33. The van der Waals surface area contributed by atoms with E-state index in [-0.39, 0.29) is 28.6 Å². The van der Waals surface area contributed by atoms with Crippen molar-refractivity contribution in [1.82, 2.24) is 24.3 Å². The van der Waals surface area contributed by atoms with Crippen molar-refractivity contribution in [3.63, 3.8) is 0 Å². The molecule has 4 heterocycles. The quantitative estimate of drug-likeness (QED) is 0.378. The first-order chi connectivity index (χ1) is 17.0. The summed E-state index contributed by atoms with van der Waals surface area (Å²) in [5.74, 6) is -1.27. The maximum atomic E-state index is 13.1. The summed E-state index contributed by atoms with van der Waals surface area (Å²) in [6.45, 7) is 3.57. The fraction of sp³-hybridized carbons (Fsp3) is 0.292. The molecule has 4 N–H and O–H groups in total. The minimum Gasteiger partial charge on any atom is -0.507 e. The molecule has 1 amide bonds. The topological polar surface area (TPSA) is 131 Å². The molecular weight excluding hydrogens is 475 g/mol. The first-order valence-electron chi connectivity index (χ1n) is 11.3. The molecule has 12 heteroatoms. The molecule has 9 nitrogen and oxygen atoms in total. The van der Waals surface area contributed by atoms with Crippen LogP contribution in [-0.4, -0.2) is 35.4 Å². The normalized spacial score (nSPS) is 17.4. The Labute approximate surface area is 203 Å². The van der Waals surface area contributed by atoms with Crippen molar-refractivity contribution in [2.24, 2.45) is 0 Å². The molecule has 4 aromatic rings. The predicted molar refractivity (Wildman–Crippen MR) is 125 cm³/mol. The minimum atomic E-state index is -4.74. The van der Waals surface area contributed by atoms with E-state index in [2.05, 4.69) is 32.2 Å². The number of nitrogens with zero attached hydrogens (tertiary/aromatic N) is 5. The average Bonchev–Trinajstić information content (AvgIpc) is 3.39. The van der Waals surface area contributed by atoms with Crippen LogP contribution in [0.1, 0.15) is 49.1 Å². The van der Waals surface area contributed by atoms with Crippen LogP contribution < -0.4 is 11.1 Å². The van der Waals surface area contributed by atoms with Gasteiger partial charge in [0.2, 0.25) is 5.91 Å². The summed E-state index contributed by atoms with van der Waals surface area (Å²) in [7, 11) is 0. The Kier molecular flexibility index (Phi) is 5.34. The lowest BCUT2D eigenvalue weighted by molar-refractivity contribution is -0.138. The number of halogens is 3. The second-order valence-electron chi connectivity index (χ2n) is 8.80. The predicted octanol–water partition coefficient (Wildman–Crippen LogP) is 4.09. The van der Waals surface area contributed by atoms with Gasteiger partial charge in [-0.3, -0.25) is 4.79 Å². The van der Waals surface area contributed by atoms with Gasteiger partial charge in [0.1, 0.15) is 28.5 Å². The number of fused-ring (bicyclic) bond motifs is 2. The number of hydrogen-bond donors (Lipinski definition) is 3. The Balaban J connectivity index is 1.61. The van der Waals surface area contributed by atoms with E-state index < -0.39 is 28.8 Å². The first kappa shape index (κ1) is 23.5. The van der Waals surface area contributed by atoms with E-state index >= 15 is 0 Å². The highest BCUT2D eigenvalue weighted by Crippen LogP contribution is 2.47. The standard InChI is InChI=1S/C24H22F3N7O2/c1-3-4-5-14-21-29-8-9-34(21)11-15(30-14)19-31-18(28)17-20(32-19)33-22(36)23(17,2)12-6-7-13(16(35)10-12)24(25,26)27/h6-11,35H,3-5H2,1-2H3,(H3,28,31,32,33,36)/t23-/m1/s1. The highest BCUT2D eigenvalue weighted by atomic mass is 19.4. The monoisotopic (exact) mass is 497 g/mol. The number of anilines is 2. The van der Waals surface area contributed by atoms with Crippen molar-refractivity contribution in [3.05, 3.63) is 59.2 Å². The molecule has 1 aromatic carbocycles. The first-order valence-corrected chi connectivity index (χ1v) is 11.3. The highest BCUT2D eigenvalue weighted by Gasteiger charge is 2.48. The van der Waals surface area contributed by atoms with Crippen molar-refractivity contribution >= 4 is 23.2 Å². The Hall–Kier alpha value is -4.22. The fourth-order valence-electron chi connectivity index (χ4n) is 4.50. The number of aromatic hydroxyl groups is 1. The zero-order valence-electron chi connectivity index (χ0n) is 19.4. The van der Waals surface area contributed by atoms with E-state index in [1.165, 1.54) is 6.92 Å². The number of nitrogens with two attached hydrogens (primary N) is 1. The van der Waals surface area contributed by atoms with Crippen LogP contribution in [0.4, 0.5) is 24.8 Å². The van der Waals surface area contributed by atoms with Gasteiger partial charge < -0.3 is 20.6 Å². The number of carbonyl (C=O) groups excluding carboxylic acids is 1. The third-order valence-corrected chi connectivity index (χ3v) is 6.44. The van der Waals surface area contributed by atoms with E-state index in [1.54, 1.807) is 18.6 Å². The van der Waals surface area contributed by atoms with Crippen LogP contribution in [0.25, 0.3) is 17.2 Å². The largest absolute Gasteiger partial charge is 0.507 e. The highest BCUT2D eigenvalue weighted by molar-refractivity contribution is 6.09. The van der Waals surface area contributed by atoms with Crippen molar-refractivity contribution < 1.29 is 23.1 Å². The molecule has 3 aromatic heterocycles. The van der Waals surface area contributed by atoms with Crippen LogP contribution in [-0.2, 0) is 22.8 Å². The SMILES string of the molecule is CCCCc1nc(-c2nc(N)c3c(n2)NC(=O)[C@]3(C)c2ccc(C(F)(F)F)c(O)c2)cn2ccnc12. The van der Waals surface area contributed by atoms with Crippen LogP contribution in [0.3, 0.4) is 0 Å². The molecule has 186 valence electrons. The second kappa shape index (κ2) is 8.18. The number of hydrogen-bond acceptors (Lipinski definition) is 7. The van der Waals surface area contributed by atoms with Gasteiger partial charge in [-0.2, -0.15) is 13.2 Å². The lowest BCUT2D eigenvalue weighted by Gasteiger charge is -2.24. The molecule has 0 saturated carbocycles. The number of alkyl halides is 3. The van der Waals surface area contributed by atoms with Crippen molar-refractivity contribution in [2.75, 3.05) is 11.1 Å². The van der Waals surface area contributed by atoms with E-state index in [4.69, 9.17) is 5.73 Å². The number of benzene rings is 1. The fourth-order valence-corrected chi connectivity index (χ4v) is 4.50. The number of aromatic nitrogens is 5. The van der Waals surface area contributed by atoms with Gasteiger partial charge in [0.25, 0.3) is 0 Å². The Morgan fingerprint density at radius 2 is 2.00 bits per heavy atom. The summed E-state index contributed by atoms with van der Waals surface area (Å²) < 4.78 is 41.2. The number of unbranched alkanes of at least 4 members (excludes halogenated alkanes) is 1. The maximum absolute atomic E-state index is 13.1. The van der Waals surface area contributed by atoms with Crippen molar-refractivity contribution in [1.29, 1.82) is 0 Å². The van der Waals surface area contributed by atoms with Gasteiger partial charge in [-0.25, -0.2) is 19.9 Å². The smallest absolute Gasteiger partial charge is 0.419 e. The number of phenols is 1. The lowest BCUT2D eigenvalue weighted by atomic mass is 9.77. The maximum Gasteiger partial charge on any atom is 0.419 e. The van der Waals surface area contributed by atoms with Crippen molar-refractivity contribution in [3.8, 4) is 17.3 Å². The van der Waals surface area contributed by atoms with E-state index in [0.717, 1.165) is 42.4 Å². The van der Waals surface area contributed by atoms with Crippen LogP contribution in [0, 0.1) is 0 Å². The van der Waals surface area contributed by atoms with Gasteiger partial charge in [-0.05, 0) is 37.5 Å². The number of phenolic OH excluding ortho intramolecular Hbond substituents is 1. The summed E-state index contributed by atoms with van der Waals surface area (Å²) in [4.78, 5) is 31.0. The average molecular weight is 497 g/mol. The van der Waals surface area contributed by atoms with Crippen LogP contribution in [0.5, 0.6) is 5.75 Å². The number of imidazole rings is 1. The van der Waals surface area contributed by atoms with Gasteiger partial charge in [-0.1, -0.05) is 19.4 Å². The Morgan fingerprint density at radius 3 is 2.69 bits per heavy atom. The molecule has 0 bridgehead atoms. The zero-order chi connectivity index (χ0) is 25.8. The molecule has 0 fully saturated rings. The third kappa shape index (κ3) is 3.60. The number of rotatable bonds is 5. The Bertz CT molecular complexity index is 1520. The number of amides is 1. The molecule has 0 unspecified atom stereocenters. The van der Waals surface area contributed by atoms with Crippen LogP contribution in [0.2, 0.25) is 0 Å². The summed E-state index contributed by atoms with van der Waals surface area (Å²) >= 11 is 0. The van der Waals surface area contributed by atoms with Gasteiger partial charge in [-0.15, -0.1) is 0 Å². The molecule has 0 saturated heterocycles. The molecule has 0 radical (unpaired) electrons. The minimum absolute atomic E-state index is 0.0297. The van der Waals surface area contributed by atoms with E-state index in [9.17, 15) is 23.1 Å². The number of nitrogen functional groups attached to an aromatic ring is 1. The van der Waals surface area contributed by atoms with Crippen LogP contribution >= 0.6 is 0 Å². The summed E-state index contributed by atoms with van der Waals surface area (Å²) in [6.07, 6.45) is 3.02. The molecule has 1 aliphatic heterocycles. The molecule has 1 atom stereocenters. The summed E-state index contributed by atoms with van der Waals surface area (Å²) in [5.41, 5.74) is 5.84. The van der Waals surface area contributed by atoms with Gasteiger partial charge in [0, 0.05) is 18.6 Å². The van der Waals surface area contributed by atoms with Gasteiger partial charge >= 0.3 is 6.18 Å². The molecule has 0 aliphatic carbocycles. The van der Waals surface area contributed by atoms with E-state index in [1.807, 2.05) is 4.40 Å².